The Bertz CT molecular complexity index is 393. The maximum Gasteiger partial charge on any atom is 0.0946 e. The van der Waals surface area contributed by atoms with Crippen molar-refractivity contribution in [1.29, 1.82) is 0 Å². The number of carboxylic acids is 1. The number of aliphatic imine (C=N–C) groups is 2. The average Bonchev–Trinajstić information content (AvgIpc) is 2.16. The summed E-state index contributed by atoms with van der Waals surface area (Å²) in [6.07, 6.45) is -0.148. The van der Waals surface area contributed by atoms with E-state index in [1.807, 2.05) is 0 Å². The summed E-state index contributed by atoms with van der Waals surface area (Å²) in [5.74, 6) is -1.12. The molecule has 0 fully saturated rings. The summed E-state index contributed by atoms with van der Waals surface area (Å²) in [5.41, 5.74) is 1.16. The van der Waals surface area contributed by atoms with Crippen molar-refractivity contribution < 1.29 is 9.90 Å². The molecule has 4 nitrogen and oxygen atoms in total. The summed E-state index contributed by atoms with van der Waals surface area (Å²) >= 11 is 0. The van der Waals surface area contributed by atoms with Gasteiger partial charge in [0.1, 0.15) is 0 Å². The molecule has 0 N–H and O–H groups in total. The molecule has 1 aromatic carbocycles. The van der Waals surface area contributed by atoms with Gasteiger partial charge >= 0.3 is 0 Å². The molecule has 1 aromatic rings. The zero-order valence-corrected chi connectivity index (χ0v) is 7.73. The molecule has 0 saturated heterocycles. The van der Waals surface area contributed by atoms with Gasteiger partial charge in [0.15, 0.2) is 0 Å². The van der Waals surface area contributed by atoms with Crippen molar-refractivity contribution in [3.63, 3.8) is 0 Å². The highest BCUT2D eigenvalue weighted by Crippen LogP contribution is 2.17. The Morgan fingerprint density at radius 2 is 2.21 bits per heavy atom. The van der Waals surface area contributed by atoms with Crippen molar-refractivity contribution in [3.05, 3.63) is 29.8 Å². The summed E-state index contributed by atoms with van der Waals surface area (Å²) in [4.78, 5) is 17.8. The van der Waals surface area contributed by atoms with Gasteiger partial charge in [-0.15, -0.1) is 0 Å². The molecule has 0 aliphatic carbocycles. The van der Waals surface area contributed by atoms with Crippen LogP contribution in [0.3, 0.4) is 0 Å². The zero-order valence-electron chi connectivity index (χ0n) is 7.73. The van der Waals surface area contributed by atoms with Crippen LogP contribution in [0.4, 0.5) is 5.69 Å². The van der Waals surface area contributed by atoms with Gasteiger partial charge in [0.2, 0.25) is 0 Å². The van der Waals surface area contributed by atoms with Crippen molar-refractivity contribution in [2.45, 2.75) is 6.42 Å². The molecule has 4 heteroatoms. The second-order valence-electron chi connectivity index (χ2n) is 2.61. The minimum Gasteiger partial charge on any atom is -0.550 e. The minimum absolute atomic E-state index is 0.148. The van der Waals surface area contributed by atoms with Crippen LogP contribution >= 0.6 is 0 Å². The number of hydrogen-bond acceptors (Lipinski definition) is 4. The molecule has 0 bridgehead atoms. The van der Waals surface area contributed by atoms with Crippen molar-refractivity contribution in [1.82, 2.24) is 0 Å². The largest absolute Gasteiger partial charge is 0.550 e. The molecule has 0 atom stereocenters. The fourth-order valence-electron chi connectivity index (χ4n) is 1.03. The second-order valence-corrected chi connectivity index (χ2v) is 2.61. The molecule has 72 valence electrons. The van der Waals surface area contributed by atoms with E-state index in [0.29, 0.717) is 11.3 Å². The molecule has 0 radical (unpaired) electrons. The number of rotatable bonds is 3. The Morgan fingerprint density at radius 3 is 2.86 bits per heavy atom. The monoisotopic (exact) mass is 189 g/mol. The van der Waals surface area contributed by atoms with E-state index in [2.05, 4.69) is 16.0 Å². The van der Waals surface area contributed by atoms with Gasteiger partial charge in [-0.2, -0.15) is 4.99 Å². The van der Waals surface area contributed by atoms with Gasteiger partial charge in [-0.3, -0.25) is 0 Å². The molecule has 0 aromatic heterocycles. The number of para-hydroxylation sites is 1. The quantitative estimate of drug-likeness (QED) is 0.646. The van der Waals surface area contributed by atoms with Crippen LogP contribution in [0.1, 0.15) is 5.56 Å². The van der Waals surface area contributed by atoms with E-state index in [9.17, 15) is 9.90 Å². The van der Waals surface area contributed by atoms with Crippen LogP contribution < -0.4 is 5.11 Å². The maximum atomic E-state index is 10.4. The average molecular weight is 189 g/mol. The first-order valence-electron chi connectivity index (χ1n) is 4.06. The number of hydrogen-bond donors (Lipinski definition) is 0. The van der Waals surface area contributed by atoms with Crippen LogP contribution in [-0.2, 0) is 11.2 Å². The van der Waals surface area contributed by atoms with E-state index in [-0.39, 0.29) is 6.42 Å². The van der Waals surface area contributed by atoms with Gasteiger partial charge in [-0.25, -0.2) is 4.99 Å². The first-order valence-corrected chi connectivity index (χ1v) is 4.06. The SMILES string of the molecule is CN=C=Nc1ccccc1CC(=O)[O-]. The highest BCUT2D eigenvalue weighted by Gasteiger charge is 1.99. The number of carbonyl (C=O) groups is 1. The van der Waals surface area contributed by atoms with Crippen LogP contribution in [0, 0.1) is 0 Å². The second kappa shape index (κ2) is 4.94. The molecular formula is C10H9N2O2-. The highest BCUT2D eigenvalue weighted by atomic mass is 16.4. The van der Waals surface area contributed by atoms with Gasteiger partial charge in [0, 0.05) is 19.4 Å². The van der Waals surface area contributed by atoms with Crippen molar-refractivity contribution in [2.24, 2.45) is 9.98 Å². The zero-order chi connectivity index (χ0) is 10.4. The summed E-state index contributed by atoms with van der Waals surface area (Å²) in [6.45, 7) is 0. The summed E-state index contributed by atoms with van der Waals surface area (Å²) in [7, 11) is 1.55. The summed E-state index contributed by atoms with van der Waals surface area (Å²) < 4.78 is 0. The van der Waals surface area contributed by atoms with E-state index in [0.717, 1.165) is 0 Å². The molecule has 0 amide bonds. The molecule has 0 heterocycles. The maximum absolute atomic E-state index is 10.4. The Kier molecular flexibility index (Phi) is 3.58. The molecule has 0 aliphatic heterocycles. The molecule has 0 spiro atoms. The van der Waals surface area contributed by atoms with Crippen molar-refractivity contribution in [2.75, 3.05) is 7.05 Å². The van der Waals surface area contributed by atoms with Gasteiger partial charge in [0.25, 0.3) is 0 Å². The number of aliphatic carboxylic acids is 1. The summed E-state index contributed by atoms with van der Waals surface area (Å²) in [6, 6.07) is 9.33. The molecular weight excluding hydrogens is 180 g/mol. The number of carbonyl (C=O) groups excluding carboxylic acids is 1. The van der Waals surface area contributed by atoms with E-state index in [1.165, 1.54) is 0 Å². The van der Waals surface area contributed by atoms with Gasteiger partial charge in [-0.05, 0) is 11.6 Å². The third kappa shape index (κ3) is 2.84. The van der Waals surface area contributed by atoms with Gasteiger partial charge in [0.05, 0.1) is 11.7 Å². The van der Waals surface area contributed by atoms with E-state index in [1.54, 1.807) is 31.3 Å². The van der Waals surface area contributed by atoms with Gasteiger partial charge < -0.3 is 9.90 Å². The van der Waals surface area contributed by atoms with Crippen LogP contribution in [-0.4, -0.2) is 19.0 Å². The van der Waals surface area contributed by atoms with Gasteiger partial charge in [-0.1, -0.05) is 18.2 Å². The fraction of sp³-hybridized carbons (Fsp3) is 0.200. The molecule has 14 heavy (non-hydrogen) atoms. The number of nitrogens with zero attached hydrogens (tertiary/aromatic N) is 2. The van der Waals surface area contributed by atoms with E-state index < -0.39 is 5.97 Å². The van der Waals surface area contributed by atoms with Crippen LogP contribution in [0.15, 0.2) is 34.3 Å². The van der Waals surface area contributed by atoms with E-state index >= 15 is 0 Å². The van der Waals surface area contributed by atoms with E-state index in [4.69, 9.17) is 0 Å². The Hall–Kier alpha value is -1.93. The van der Waals surface area contributed by atoms with Crippen molar-refractivity contribution in [3.8, 4) is 0 Å². The predicted octanol–water partition coefficient (Wildman–Crippen LogP) is 0.414. The topological polar surface area (TPSA) is 64.8 Å². The third-order valence-electron chi connectivity index (χ3n) is 1.60. The lowest BCUT2D eigenvalue weighted by atomic mass is 10.1. The number of benzene rings is 1. The van der Waals surface area contributed by atoms with Crippen LogP contribution in [0.5, 0.6) is 0 Å². The Labute approximate surface area is 81.6 Å². The van der Waals surface area contributed by atoms with Crippen molar-refractivity contribution >= 4 is 17.7 Å². The molecule has 1 rings (SSSR count). The number of carboxylic acid groups (broad SMARTS) is 1. The predicted molar refractivity (Wildman–Crippen MR) is 50.6 cm³/mol. The molecule has 0 saturated carbocycles. The Morgan fingerprint density at radius 1 is 1.50 bits per heavy atom. The Balaban J connectivity index is 3.02. The fourth-order valence-corrected chi connectivity index (χ4v) is 1.03. The van der Waals surface area contributed by atoms with Crippen LogP contribution in [0.25, 0.3) is 0 Å². The lowest BCUT2D eigenvalue weighted by molar-refractivity contribution is -0.304. The standard InChI is InChI=1S/C10H10N2O2/c1-11-7-12-9-5-3-2-4-8(9)6-10(13)14/h2-5H,6H2,1H3,(H,13,14)/p-1. The van der Waals surface area contributed by atoms with Crippen LogP contribution in [0.2, 0.25) is 0 Å². The first kappa shape index (κ1) is 10.2. The highest BCUT2D eigenvalue weighted by molar-refractivity contribution is 5.71. The smallest absolute Gasteiger partial charge is 0.0946 e. The third-order valence-corrected chi connectivity index (χ3v) is 1.60. The summed E-state index contributed by atoms with van der Waals surface area (Å²) in [5, 5.41) is 10.4. The first-order chi connectivity index (χ1) is 6.74. The lowest BCUT2D eigenvalue weighted by Crippen LogP contribution is -2.24. The molecule has 0 aliphatic rings. The minimum atomic E-state index is -1.12. The molecule has 0 unspecified atom stereocenters. The lowest BCUT2D eigenvalue weighted by Gasteiger charge is -2.04. The normalized spacial score (nSPS) is 8.93.